The Morgan fingerprint density at radius 1 is 1.12 bits per heavy atom. The number of ether oxygens (including phenoxy) is 3. The summed E-state index contributed by atoms with van der Waals surface area (Å²) in [6.07, 6.45) is 2.93. The molecule has 33 heavy (non-hydrogen) atoms. The number of anilines is 2. The Morgan fingerprint density at radius 3 is 2.58 bits per heavy atom. The lowest BCUT2D eigenvalue weighted by atomic mass is 10.1. The number of thiazole rings is 1. The van der Waals surface area contributed by atoms with Crippen LogP contribution >= 0.6 is 11.3 Å². The van der Waals surface area contributed by atoms with Crippen molar-refractivity contribution in [1.82, 2.24) is 4.98 Å². The summed E-state index contributed by atoms with van der Waals surface area (Å²) in [7, 11) is 3.09. The zero-order chi connectivity index (χ0) is 24.0. The first-order valence-corrected chi connectivity index (χ1v) is 11.1. The van der Waals surface area contributed by atoms with Crippen LogP contribution in [0, 0.1) is 13.8 Å². The Morgan fingerprint density at radius 2 is 1.91 bits per heavy atom. The first-order valence-electron chi connectivity index (χ1n) is 10.2. The standard InChI is InChI=1S/C25H26N2O5S/c1-16-9-11-21(17(2)13-16)27(18(3)28)25-26-20(15-33-25)14-32-23(29)12-10-19-7-6-8-22(30-4)24(19)31-5/h6-13,15H,14H2,1-5H3/b12-10+. The Bertz CT molecular complexity index is 1190. The van der Waals surface area contributed by atoms with Gasteiger partial charge in [0.1, 0.15) is 6.61 Å². The molecule has 0 atom stereocenters. The molecular formula is C25H26N2O5S. The lowest BCUT2D eigenvalue weighted by Gasteiger charge is -2.20. The molecular weight excluding hydrogens is 440 g/mol. The first kappa shape index (κ1) is 24.0. The number of carbonyl (C=O) groups is 2. The highest BCUT2D eigenvalue weighted by Crippen LogP contribution is 2.33. The van der Waals surface area contributed by atoms with Gasteiger partial charge < -0.3 is 14.2 Å². The van der Waals surface area contributed by atoms with E-state index in [2.05, 4.69) is 4.98 Å². The predicted molar refractivity (Wildman–Crippen MR) is 129 cm³/mol. The molecule has 0 bridgehead atoms. The van der Waals surface area contributed by atoms with E-state index in [0.29, 0.717) is 27.9 Å². The van der Waals surface area contributed by atoms with Crippen LogP contribution in [0.5, 0.6) is 11.5 Å². The van der Waals surface area contributed by atoms with E-state index >= 15 is 0 Å². The Kier molecular flexibility index (Phi) is 7.84. The van der Waals surface area contributed by atoms with Gasteiger partial charge in [-0.05, 0) is 37.6 Å². The van der Waals surface area contributed by atoms with Crippen molar-refractivity contribution >= 4 is 40.1 Å². The van der Waals surface area contributed by atoms with Crippen LogP contribution in [0.4, 0.5) is 10.8 Å². The van der Waals surface area contributed by atoms with E-state index in [1.807, 2.05) is 32.0 Å². The van der Waals surface area contributed by atoms with Gasteiger partial charge in [-0.15, -0.1) is 11.3 Å². The summed E-state index contributed by atoms with van der Waals surface area (Å²) in [5.74, 6) is 0.438. The van der Waals surface area contributed by atoms with Crippen LogP contribution in [-0.4, -0.2) is 31.1 Å². The van der Waals surface area contributed by atoms with Crippen LogP contribution in [0.25, 0.3) is 6.08 Å². The van der Waals surface area contributed by atoms with Crippen LogP contribution in [-0.2, 0) is 20.9 Å². The van der Waals surface area contributed by atoms with Crippen molar-refractivity contribution in [3.05, 3.63) is 70.2 Å². The number of aryl methyl sites for hydroxylation is 2. The number of esters is 1. The van der Waals surface area contributed by atoms with Crippen LogP contribution in [0.1, 0.15) is 29.3 Å². The van der Waals surface area contributed by atoms with E-state index in [-0.39, 0.29) is 12.5 Å². The average molecular weight is 467 g/mol. The second-order valence-corrected chi connectivity index (χ2v) is 8.13. The molecule has 0 saturated carbocycles. The maximum absolute atomic E-state index is 12.4. The van der Waals surface area contributed by atoms with Crippen LogP contribution in [0.2, 0.25) is 0 Å². The molecule has 0 N–H and O–H groups in total. The molecule has 7 nitrogen and oxygen atoms in total. The number of aromatic nitrogens is 1. The zero-order valence-corrected chi connectivity index (χ0v) is 20.1. The largest absolute Gasteiger partial charge is 0.493 e. The van der Waals surface area contributed by atoms with Crippen LogP contribution < -0.4 is 14.4 Å². The lowest BCUT2D eigenvalue weighted by molar-refractivity contribution is -0.139. The molecule has 0 unspecified atom stereocenters. The fraction of sp³-hybridized carbons (Fsp3) is 0.240. The molecule has 1 aromatic heterocycles. The molecule has 3 rings (SSSR count). The summed E-state index contributed by atoms with van der Waals surface area (Å²) < 4.78 is 15.9. The molecule has 8 heteroatoms. The minimum Gasteiger partial charge on any atom is -0.493 e. The Labute approximate surface area is 197 Å². The van der Waals surface area contributed by atoms with Gasteiger partial charge >= 0.3 is 5.97 Å². The minimum absolute atomic E-state index is 0.00640. The third-order valence-electron chi connectivity index (χ3n) is 4.83. The third kappa shape index (κ3) is 5.78. The van der Waals surface area contributed by atoms with Gasteiger partial charge in [-0.1, -0.05) is 29.8 Å². The van der Waals surface area contributed by atoms with E-state index in [4.69, 9.17) is 14.2 Å². The molecule has 0 aliphatic heterocycles. The minimum atomic E-state index is -0.521. The van der Waals surface area contributed by atoms with Crippen molar-refractivity contribution in [2.24, 2.45) is 0 Å². The van der Waals surface area contributed by atoms with Gasteiger partial charge in [-0.2, -0.15) is 0 Å². The molecule has 1 amide bonds. The molecule has 0 fully saturated rings. The van der Waals surface area contributed by atoms with Gasteiger partial charge in [0, 0.05) is 23.9 Å². The number of para-hydroxylation sites is 1. The van der Waals surface area contributed by atoms with E-state index in [1.165, 1.54) is 31.4 Å². The first-order chi connectivity index (χ1) is 15.8. The maximum Gasteiger partial charge on any atom is 0.331 e. The molecule has 172 valence electrons. The summed E-state index contributed by atoms with van der Waals surface area (Å²) in [5.41, 5.74) is 4.13. The highest BCUT2D eigenvalue weighted by atomic mass is 32.1. The monoisotopic (exact) mass is 466 g/mol. The van der Waals surface area contributed by atoms with Crippen molar-refractivity contribution in [2.45, 2.75) is 27.4 Å². The number of rotatable bonds is 8. The van der Waals surface area contributed by atoms with Gasteiger partial charge in [-0.25, -0.2) is 9.78 Å². The normalized spacial score (nSPS) is 10.8. The fourth-order valence-electron chi connectivity index (χ4n) is 3.32. The second-order valence-electron chi connectivity index (χ2n) is 7.29. The maximum atomic E-state index is 12.4. The van der Waals surface area contributed by atoms with Crippen LogP contribution in [0.3, 0.4) is 0 Å². The number of carbonyl (C=O) groups excluding carboxylic acids is 2. The molecule has 0 aliphatic rings. The average Bonchev–Trinajstić information content (AvgIpc) is 3.25. The predicted octanol–water partition coefficient (Wildman–Crippen LogP) is 5.22. The van der Waals surface area contributed by atoms with Crippen molar-refractivity contribution in [1.29, 1.82) is 0 Å². The van der Waals surface area contributed by atoms with E-state index in [0.717, 1.165) is 16.8 Å². The zero-order valence-electron chi connectivity index (χ0n) is 19.2. The SMILES string of the molecule is COc1cccc(/C=C/C(=O)OCc2csc(N(C(C)=O)c3ccc(C)cc3C)n2)c1OC. The van der Waals surface area contributed by atoms with E-state index in [1.54, 1.807) is 41.7 Å². The third-order valence-corrected chi connectivity index (χ3v) is 5.71. The number of methoxy groups -OCH3 is 2. The molecule has 0 aliphatic carbocycles. The highest BCUT2D eigenvalue weighted by Gasteiger charge is 2.20. The van der Waals surface area contributed by atoms with Crippen molar-refractivity contribution in [3.8, 4) is 11.5 Å². The van der Waals surface area contributed by atoms with Gasteiger partial charge in [0.05, 0.1) is 25.6 Å². The van der Waals surface area contributed by atoms with Crippen molar-refractivity contribution in [2.75, 3.05) is 19.1 Å². The summed E-state index contributed by atoms with van der Waals surface area (Å²) in [5, 5.41) is 2.30. The Hall–Kier alpha value is -3.65. The van der Waals surface area contributed by atoms with Gasteiger partial charge in [0.2, 0.25) is 5.91 Å². The van der Waals surface area contributed by atoms with E-state index < -0.39 is 5.97 Å². The Balaban J connectivity index is 1.69. The number of hydrogen-bond acceptors (Lipinski definition) is 7. The molecule has 2 aromatic carbocycles. The molecule has 1 heterocycles. The summed E-state index contributed by atoms with van der Waals surface area (Å²) in [4.78, 5) is 30.6. The summed E-state index contributed by atoms with van der Waals surface area (Å²) in [6, 6.07) is 11.3. The smallest absolute Gasteiger partial charge is 0.331 e. The number of nitrogens with zero attached hydrogens (tertiary/aromatic N) is 2. The molecule has 0 radical (unpaired) electrons. The summed E-state index contributed by atoms with van der Waals surface area (Å²) >= 11 is 1.32. The van der Waals surface area contributed by atoms with Crippen LogP contribution in [0.15, 0.2) is 47.9 Å². The molecule has 3 aromatic rings. The molecule has 0 saturated heterocycles. The van der Waals surface area contributed by atoms with Gasteiger partial charge in [0.25, 0.3) is 0 Å². The number of hydrogen-bond donors (Lipinski definition) is 0. The van der Waals surface area contributed by atoms with Gasteiger partial charge in [-0.3, -0.25) is 9.69 Å². The fourth-order valence-corrected chi connectivity index (χ4v) is 4.19. The second kappa shape index (κ2) is 10.8. The van der Waals surface area contributed by atoms with E-state index in [9.17, 15) is 9.59 Å². The number of benzene rings is 2. The summed E-state index contributed by atoms with van der Waals surface area (Å²) in [6.45, 7) is 5.45. The highest BCUT2D eigenvalue weighted by molar-refractivity contribution is 7.14. The van der Waals surface area contributed by atoms with Crippen molar-refractivity contribution in [3.63, 3.8) is 0 Å². The molecule has 0 spiro atoms. The van der Waals surface area contributed by atoms with Gasteiger partial charge in [0.15, 0.2) is 16.6 Å². The number of amides is 1. The topological polar surface area (TPSA) is 78.0 Å². The quantitative estimate of drug-likeness (QED) is 0.335. The van der Waals surface area contributed by atoms with Crippen molar-refractivity contribution < 1.29 is 23.8 Å². The lowest BCUT2D eigenvalue weighted by Crippen LogP contribution is -2.23.